The molecule has 1 aliphatic carbocycles. The Balaban J connectivity index is 1.45. The molecule has 9 nitrogen and oxygen atoms in total. The molecule has 1 saturated carbocycles. The summed E-state index contributed by atoms with van der Waals surface area (Å²) in [5.74, 6) is -0.0609. The van der Waals surface area contributed by atoms with Crippen LogP contribution in [0.4, 0.5) is 11.4 Å². The van der Waals surface area contributed by atoms with Crippen molar-refractivity contribution >= 4 is 44.1 Å². The number of anilines is 2. The number of hydrogen-bond acceptors (Lipinski definition) is 8. The molecule has 0 saturated heterocycles. The average Bonchev–Trinajstić information content (AvgIpc) is 3.52. The van der Waals surface area contributed by atoms with Crippen LogP contribution < -0.4 is 26.9 Å². The second kappa shape index (κ2) is 9.74. The van der Waals surface area contributed by atoms with Crippen molar-refractivity contribution in [2.75, 3.05) is 17.2 Å². The molecule has 0 radical (unpaired) electrons. The monoisotopic (exact) mass is 586 g/mol. The van der Waals surface area contributed by atoms with Gasteiger partial charge >= 0.3 is 0 Å². The van der Waals surface area contributed by atoms with E-state index in [2.05, 4.69) is 85.9 Å². The first-order chi connectivity index (χ1) is 18.7. The summed E-state index contributed by atoms with van der Waals surface area (Å²) in [5, 5.41) is 22.9. The zero-order valence-corrected chi connectivity index (χ0v) is 23.7. The normalized spacial score (nSPS) is 17.3. The van der Waals surface area contributed by atoms with Gasteiger partial charge in [0.15, 0.2) is 0 Å². The third-order valence-electron chi connectivity index (χ3n) is 7.17. The molecule has 2 aromatic carbocycles. The van der Waals surface area contributed by atoms with Crippen LogP contribution in [-0.2, 0) is 6.54 Å². The minimum absolute atomic E-state index is 0.0236. The van der Waals surface area contributed by atoms with Gasteiger partial charge in [-0.1, -0.05) is 39.0 Å². The molecule has 0 bridgehead atoms. The Morgan fingerprint density at radius 1 is 1.28 bits per heavy atom. The molecule has 39 heavy (non-hydrogen) atoms. The number of hydrazine groups is 2. The van der Waals surface area contributed by atoms with Gasteiger partial charge in [-0.25, -0.2) is 0 Å². The molecule has 0 spiro atoms. The number of amides is 1. The quantitative estimate of drug-likeness (QED) is 0.261. The lowest BCUT2D eigenvalue weighted by molar-refractivity contribution is 0.0964. The highest BCUT2D eigenvalue weighted by Gasteiger charge is 2.34. The number of rotatable bonds is 7. The van der Waals surface area contributed by atoms with E-state index in [-0.39, 0.29) is 17.4 Å². The molecule has 0 unspecified atom stereocenters. The summed E-state index contributed by atoms with van der Waals surface area (Å²) in [4.78, 5) is 17.5. The summed E-state index contributed by atoms with van der Waals surface area (Å²) in [6.45, 7) is 7.68. The molecular formula is C29H31BrN8O. The average molecular weight is 588 g/mol. The molecule has 1 aromatic heterocycles. The molecule has 200 valence electrons. The maximum atomic E-state index is 12.9. The van der Waals surface area contributed by atoms with Crippen LogP contribution in [0.5, 0.6) is 0 Å². The van der Waals surface area contributed by atoms with Crippen molar-refractivity contribution in [3.63, 3.8) is 0 Å². The van der Waals surface area contributed by atoms with Crippen molar-refractivity contribution < 1.29 is 4.79 Å². The molecule has 2 aliphatic heterocycles. The number of carbonyl (C=O) groups is 1. The van der Waals surface area contributed by atoms with E-state index in [1.165, 1.54) is 0 Å². The van der Waals surface area contributed by atoms with Crippen molar-refractivity contribution in [3.8, 4) is 6.07 Å². The van der Waals surface area contributed by atoms with Crippen LogP contribution in [0.25, 0.3) is 10.9 Å². The Bertz CT molecular complexity index is 1550. The van der Waals surface area contributed by atoms with Crippen molar-refractivity contribution in [1.82, 2.24) is 26.3 Å². The summed E-state index contributed by atoms with van der Waals surface area (Å²) < 4.78 is 0.812. The lowest BCUT2D eigenvalue weighted by Gasteiger charge is -2.24. The number of nitrogens with one attached hydrogen (secondary N) is 5. The first-order valence-corrected chi connectivity index (χ1v) is 14.0. The Labute approximate surface area is 236 Å². The molecule has 5 N–H and O–H groups in total. The Morgan fingerprint density at radius 2 is 2.10 bits per heavy atom. The van der Waals surface area contributed by atoms with E-state index in [0.29, 0.717) is 30.3 Å². The zero-order chi connectivity index (χ0) is 27.3. The fraction of sp³-hybridized carbons (Fsp3) is 0.345. The van der Waals surface area contributed by atoms with Crippen molar-refractivity contribution in [2.24, 2.45) is 5.41 Å². The molecule has 1 fully saturated rings. The third-order valence-corrected chi connectivity index (χ3v) is 7.78. The summed E-state index contributed by atoms with van der Waals surface area (Å²) in [6, 6.07) is 12.4. The Kier molecular flexibility index (Phi) is 6.36. The Morgan fingerprint density at radius 3 is 2.85 bits per heavy atom. The minimum atomic E-state index is -0.331. The lowest BCUT2D eigenvalue weighted by Crippen LogP contribution is -2.38. The first kappa shape index (κ1) is 25.5. The highest BCUT2D eigenvalue weighted by molar-refractivity contribution is 9.10. The van der Waals surface area contributed by atoms with Gasteiger partial charge in [-0.05, 0) is 57.4 Å². The number of nitriles is 1. The van der Waals surface area contributed by atoms with Crippen LogP contribution in [0.1, 0.15) is 66.7 Å². The summed E-state index contributed by atoms with van der Waals surface area (Å²) in [6.07, 6.45) is 6.00. The maximum absolute atomic E-state index is 12.9. The van der Waals surface area contributed by atoms with Gasteiger partial charge in [0.25, 0.3) is 5.91 Å². The number of halogens is 1. The van der Waals surface area contributed by atoms with Crippen molar-refractivity contribution in [3.05, 3.63) is 75.2 Å². The second-order valence-electron chi connectivity index (χ2n) is 11.5. The highest BCUT2D eigenvalue weighted by Crippen LogP contribution is 2.38. The van der Waals surface area contributed by atoms with E-state index < -0.39 is 0 Å². The van der Waals surface area contributed by atoms with Crippen LogP contribution >= 0.6 is 15.9 Å². The van der Waals surface area contributed by atoms with Gasteiger partial charge in [0.05, 0.1) is 28.5 Å². The standard InChI is InChI=1S/C29H31BrN8O/c1-29(2,3)15-34-25-17(11-31)13-32-26-21(25)9-18(10-22(26)30)35-27(23-14-38(37-36-23)19-7-8-19)20-6-4-5-16-12-33-28(39)24(16)20/h4-6,9-10,13-14,19,27,35-37H,7-8,12,15H2,1-3H3,(H,32,34)(H,33,39)/t27-/m0/s1. The van der Waals surface area contributed by atoms with E-state index in [4.69, 9.17) is 0 Å². The first-order valence-electron chi connectivity index (χ1n) is 13.2. The number of nitrogens with zero attached hydrogens (tertiary/aromatic N) is 3. The van der Waals surface area contributed by atoms with Gasteiger partial charge < -0.3 is 21.4 Å². The van der Waals surface area contributed by atoms with E-state index >= 15 is 0 Å². The molecular weight excluding hydrogens is 556 g/mol. The van der Waals surface area contributed by atoms with Crippen LogP contribution in [0, 0.1) is 16.7 Å². The third kappa shape index (κ3) is 5.00. The van der Waals surface area contributed by atoms with Crippen molar-refractivity contribution in [1.29, 1.82) is 5.26 Å². The largest absolute Gasteiger partial charge is 0.383 e. The van der Waals surface area contributed by atoms with Gasteiger partial charge in [0.1, 0.15) is 6.07 Å². The summed E-state index contributed by atoms with van der Waals surface area (Å²) in [5.41, 5.74) is 13.0. The molecule has 3 aliphatic rings. The SMILES string of the molecule is CC(C)(C)CNc1c(C#N)cnc2c(Br)cc(N[C@H](C3=CN(C4CC4)NN3)c3cccc4c3C(=O)NC4)cc12. The van der Waals surface area contributed by atoms with Gasteiger partial charge in [-0.3, -0.25) is 14.8 Å². The van der Waals surface area contributed by atoms with Crippen LogP contribution in [-0.4, -0.2) is 28.5 Å². The predicted molar refractivity (Wildman–Crippen MR) is 155 cm³/mol. The number of benzene rings is 2. The molecule has 3 heterocycles. The molecule has 6 rings (SSSR count). The van der Waals surface area contributed by atoms with E-state index in [1.54, 1.807) is 6.20 Å². The summed E-state index contributed by atoms with van der Waals surface area (Å²) >= 11 is 3.72. The fourth-order valence-corrected chi connectivity index (χ4v) is 5.61. The summed E-state index contributed by atoms with van der Waals surface area (Å²) in [7, 11) is 0. The topological polar surface area (TPSA) is 117 Å². The number of hydrogen-bond donors (Lipinski definition) is 5. The fourth-order valence-electron chi connectivity index (χ4n) is 5.05. The number of pyridine rings is 1. The molecule has 3 aromatic rings. The van der Waals surface area contributed by atoms with Gasteiger partial charge in [-0.15, -0.1) is 5.53 Å². The van der Waals surface area contributed by atoms with Crippen LogP contribution in [0.15, 0.2) is 52.9 Å². The minimum Gasteiger partial charge on any atom is -0.383 e. The Hall–Kier alpha value is -3.81. The van der Waals surface area contributed by atoms with Crippen molar-refractivity contribution in [2.45, 2.75) is 52.2 Å². The van der Waals surface area contributed by atoms with Gasteiger partial charge in [-0.2, -0.15) is 5.26 Å². The molecule has 1 amide bonds. The zero-order valence-electron chi connectivity index (χ0n) is 22.2. The van der Waals surface area contributed by atoms with E-state index in [0.717, 1.165) is 56.4 Å². The lowest BCUT2D eigenvalue weighted by atomic mass is 9.94. The maximum Gasteiger partial charge on any atom is 0.252 e. The van der Waals surface area contributed by atoms with E-state index in [1.807, 2.05) is 30.3 Å². The van der Waals surface area contributed by atoms with Crippen LogP contribution in [0.3, 0.4) is 0 Å². The van der Waals surface area contributed by atoms with Crippen LogP contribution in [0.2, 0.25) is 0 Å². The van der Waals surface area contributed by atoms with Gasteiger partial charge in [0, 0.05) is 52.6 Å². The second-order valence-corrected chi connectivity index (χ2v) is 12.4. The predicted octanol–water partition coefficient (Wildman–Crippen LogP) is 5.05. The smallest absolute Gasteiger partial charge is 0.252 e. The van der Waals surface area contributed by atoms with E-state index in [9.17, 15) is 10.1 Å². The number of aromatic nitrogens is 1. The number of fused-ring (bicyclic) bond motifs is 2. The number of carbonyl (C=O) groups excluding carboxylic acids is 1. The van der Waals surface area contributed by atoms with Gasteiger partial charge in [0.2, 0.25) is 0 Å². The molecule has 1 atom stereocenters. The highest BCUT2D eigenvalue weighted by atomic mass is 79.9. The molecule has 10 heteroatoms.